The Morgan fingerprint density at radius 2 is 1.52 bits per heavy atom. The lowest BCUT2D eigenvalue weighted by atomic mass is 9.99. The first kappa shape index (κ1) is 20.9. The fraction of sp³-hybridized carbons (Fsp3) is 0.333. The fourth-order valence-electron chi connectivity index (χ4n) is 2.77. The van der Waals surface area contributed by atoms with Gasteiger partial charge in [0.1, 0.15) is 6.04 Å². The molecule has 0 heterocycles. The van der Waals surface area contributed by atoms with Gasteiger partial charge in [0, 0.05) is 20.5 Å². The standard InChI is InChI=1S/C21H25ClN2O3/c1-24(2)21(26)19(23-22)14-16-6-11-18(12-7-16)17-9-4-15(5-10-17)8-13-20(25)27-3/h4-7,9-12,19,23H,8,13-14H2,1-3H3/t19-/m0/s1. The van der Waals surface area contributed by atoms with Crippen LogP contribution >= 0.6 is 11.8 Å². The van der Waals surface area contributed by atoms with E-state index in [2.05, 4.69) is 9.57 Å². The van der Waals surface area contributed by atoms with Crippen molar-refractivity contribution in [3.05, 3.63) is 59.7 Å². The van der Waals surface area contributed by atoms with Crippen molar-refractivity contribution in [2.24, 2.45) is 0 Å². The molecule has 0 aromatic heterocycles. The van der Waals surface area contributed by atoms with Crippen LogP contribution < -0.4 is 4.84 Å². The van der Waals surface area contributed by atoms with Crippen LogP contribution in [-0.4, -0.2) is 44.0 Å². The first-order chi connectivity index (χ1) is 12.9. The van der Waals surface area contributed by atoms with Crippen LogP contribution in [0.15, 0.2) is 48.5 Å². The van der Waals surface area contributed by atoms with E-state index in [1.807, 2.05) is 48.5 Å². The van der Waals surface area contributed by atoms with E-state index in [0.717, 1.165) is 22.3 Å². The monoisotopic (exact) mass is 388 g/mol. The predicted octanol–water partition coefficient (Wildman–Crippen LogP) is 3.20. The van der Waals surface area contributed by atoms with Crippen molar-refractivity contribution < 1.29 is 14.3 Å². The Morgan fingerprint density at radius 1 is 1.00 bits per heavy atom. The number of halogens is 1. The SMILES string of the molecule is COC(=O)CCc1ccc(-c2ccc(C[C@H](NCl)C(=O)N(C)C)cc2)cc1. The van der Waals surface area contributed by atoms with Crippen molar-refractivity contribution in [1.29, 1.82) is 0 Å². The molecule has 2 aromatic carbocycles. The maximum Gasteiger partial charge on any atom is 0.305 e. The summed E-state index contributed by atoms with van der Waals surface area (Å²) in [6.45, 7) is 0. The number of benzene rings is 2. The van der Waals surface area contributed by atoms with Crippen molar-refractivity contribution in [2.75, 3.05) is 21.2 Å². The van der Waals surface area contributed by atoms with Gasteiger partial charge in [-0.25, -0.2) is 4.84 Å². The summed E-state index contributed by atoms with van der Waals surface area (Å²) in [4.78, 5) is 27.4. The van der Waals surface area contributed by atoms with Crippen LogP contribution in [0.4, 0.5) is 0 Å². The molecule has 0 aliphatic heterocycles. The number of methoxy groups -OCH3 is 1. The van der Waals surface area contributed by atoms with Gasteiger partial charge in [-0.3, -0.25) is 9.59 Å². The Kier molecular flexibility index (Phi) is 7.82. The second kappa shape index (κ2) is 10.1. The van der Waals surface area contributed by atoms with E-state index in [9.17, 15) is 9.59 Å². The van der Waals surface area contributed by atoms with E-state index < -0.39 is 6.04 Å². The molecule has 0 radical (unpaired) electrons. The molecule has 0 aliphatic rings. The summed E-state index contributed by atoms with van der Waals surface area (Å²) in [6.07, 6.45) is 1.57. The van der Waals surface area contributed by atoms with Crippen LogP contribution in [0.3, 0.4) is 0 Å². The largest absolute Gasteiger partial charge is 0.469 e. The van der Waals surface area contributed by atoms with E-state index in [1.165, 1.54) is 12.0 Å². The zero-order chi connectivity index (χ0) is 19.8. The fourth-order valence-corrected chi connectivity index (χ4v) is 2.94. The third-order valence-corrected chi connectivity index (χ3v) is 4.66. The Bertz CT molecular complexity index is 758. The molecule has 6 heteroatoms. The summed E-state index contributed by atoms with van der Waals surface area (Å²) in [5.74, 6) is -0.260. The summed E-state index contributed by atoms with van der Waals surface area (Å²) >= 11 is 5.73. The molecule has 1 atom stereocenters. The average Bonchev–Trinajstić information content (AvgIpc) is 2.70. The summed E-state index contributed by atoms with van der Waals surface area (Å²) in [5.41, 5.74) is 4.31. The summed E-state index contributed by atoms with van der Waals surface area (Å²) in [7, 11) is 4.82. The molecular formula is C21H25ClN2O3. The number of hydrogen-bond donors (Lipinski definition) is 1. The number of aryl methyl sites for hydroxylation is 1. The van der Waals surface area contributed by atoms with E-state index >= 15 is 0 Å². The zero-order valence-electron chi connectivity index (χ0n) is 15.9. The van der Waals surface area contributed by atoms with Gasteiger partial charge >= 0.3 is 5.97 Å². The molecule has 0 spiro atoms. The molecule has 1 amide bonds. The van der Waals surface area contributed by atoms with Gasteiger partial charge < -0.3 is 9.64 Å². The van der Waals surface area contributed by atoms with E-state index in [0.29, 0.717) is 19.3 Å². The normalized spacial score (nSPS) is 11.7. The van der Waals surface area contributed by atoms with E-state index in [1.54, 1.807) is 14.1 Å². The lowest BCUT2D eigenvalue weighted by Gasteiger charge is -2.19. The number of carbonyl (C=O) groups excluding carboxylic acids is 2. The minimum atomic E-state index is -0.457. The number of likely N-dealkylation sites (N-methyl/N-ethyl adjacent to an activating group) is 1. The summed E-state index contributed by atoms with van der Waals surface area (Å²) < 4.78 is 4.66. The maximum absolute atomic E-state index is 12.1. The van der Waals surface area contributed by atoms with Crippen molar-refractivity contribution in [2.45, 2.75) is 25.3 Å². The van der Waals surface area contributed by atoms with Gasteiger partial charge in [-0.05, 0) is 46.9 Å². The second-order valence-electron chi connectivity index (χ2n) is 6.57. The second-order valence-corrected chi connectivity index (χ2v) is 6.79. The molecule has 27 heavy (non-hydrogen) atoms. The number of rotatable bonds is 8. The van der Waals surface area contributed by atoms with Gasteiger partial charge in [0.15, 0.2) is 0 Å². The van der Waals surface area contributed by atoms with Crippen LogP contribution in [-0.2, 0) is 27.2 Å². The molecule has 144 valence electrons. The highest BCUT2D eigenvalue weighted by atomic mass is 35.5. The van der Waals surface area contributed by atoms with Gasteiger partial charge in [0.05, 0.1) is 7.11 Å². The molecule has 0 bridgehead atoms. The smallest absolute Gasteiger partial charge is 0.305 e. The summed E-state index contributed by atoms with van der Waals surface area (Å²) in [6, 6.07) is 15.7. The number of hydrogen-bond acceptors (Lipinski definition) is 4. The topological polar surface area (TPSA) is 58.6 Å². The van der Waals surface area contributed by atoms with Gasteiger partial charge in [0.2, 0.25) is 5.91 Å². The van der Waals surface area contributed by atoms with Gasteiger partial charge in [-0.1, -0.05) is 48.5 Å². The molecule has 0 saturated heterocycles. The summed E-state index contributed by atoms with van der Waals surface area (Å²) in [5, 5.41) is 0. The Morgan fingerprint density at radius 3 is 1.96 bits per heavy atom. The molecular weight excluding hydrogens is 364 g/mol. The molecule has 2 rings (SSSR count). The van der Waals surface area contributed by atoms with Gasteiger partial charge in [-0.15, -0.1) is 0 Å². The van der Waals surface area contributed by atoms with Crippen molar-refractivity contribution in [1.82, 2.24) is 9.74 Å². The number of esters is 1. The number of carbonyl (C=O) groups is 2. The Balaban J connectivity index is 2.02. The molecule has 0 unspecified atom stereocenters. The van der Waals surface area contributed by atoms with Crippen molar-refractivity contribution >= 4 is 23.7 Å². The lowest BCUT2D eigenvalue weighted by molar-refractivity contribution is -0.140. The molecule has 1 N–H and O–H groups in total. The molecule has 5 nitrogen and oxygen atoms in total. The molecule has 0 fully saturated rings. The number of nitrogens with one attached hydrogen (secondary N) is 1. The minimum absolute atomic E-state index is 0.0587. The highest BCUT2D eigenvalue weighted by Gasteiger charge is 2.19. The maximum atomic E-state index is 12.1. The van der Waals surface area contributed by atoms with Crippen LogP contribution in [0, 0.1) is 0 Å². The number of nitrogens with zero attached hydrogens (tertiary/aromatic N) is 1. The first-order valence-corrected chi connectivity index (χ1v) is 9.14. The zero-order valence-corrected chi connectivity index (χ0v) is 16.6. The highest BCUT2D eigenvalue weighted by Crippen LogP contribution is 2.21. The number of amides is 1. The third-order valence-electron chi connectivity index (χ3n) is 4.40. The minimum Gasteiger partial charge on any atom is -0.469 e. The van der Waals surface area contributed by atoms with E-state index in [-0.39, 0.29) is 11.9 Å². The Hall–Kier alpha value is -2.37. The third kappa shape index (κ3) is 6.08. The van der Waals surface area contributed by atoms with Crippen molar-refractivity contribution in [3.8, 4) is 11.1 Å². The van der Waals surface area contributed by atoms with Gasteiger partial charge in [-0.2, -0.15) is 0 Å². The molecule has 0 saturated carbocycles. The van der Waals surface area contributed by atoms with Crippen LogP contribution in [0.1, 0.15) is 17.5 Å². The molecule has 2 aromatic rings. The predicted molar refractivity (Wildman–Crippen MR) is 107 cm³/mol. The first-order valence-electron chi connectivity index (χ1n) is 8.77. The Labute approximate surface area is 165 Å². The van der Waals surface area contributed by atoms with Crippen LogP contribution in [0.25, 0.3) is 11.1 Å². The quantitative estimate of drug-likeness (QED) is 0.557. The molecule has 0 aliphatic carbocycles. The average molecular weight is 389 g/mol. The van der Waals surface area contributed by atoms with Crippen molar-refractivity contribution in [3.63, 3.8) is 0 Å². The highest BCUT2D eigenvalue weighted by molar-refractivity contribution is 6.15. The van der Waals surface area contributed by atoms with E-state index in [4.69, 9.17) is 11.8 Å². The van der Waals surface area contributed by atoms with Crippen LogP contribution in [0.2, 0.25) is 0 Å². The number of ether oxygens (including phenoxy) is 1. The lowest BCUT2D eigenvalue weighted by Crippen LogP contribution is -2.41. The van der Waals surface area contributed by atoms with Gasteiger partial charge in [0.25, 0.3) is 0 Å². The van der Waals surface area contributed by atoms with Crippen LogP contribution in [0.5, 0.6) is 0 Å².